The minimum Gasteiger partial charge on any atom is -0.480 e. The van der Waals surface area contributed by atoms with Crippen LogP contribution in [0.25, 0.3) is 0 Å². The number of aliphatic carboxylic acids is 1. The third kappa shape index (κ3) is 4.29. The summed E-state index contributed by atoms with van der Waals surface area (Å²) in [6.45, 7) is 4.87. The predicted molar refractivity (Wildman–Crippen MR) is 69.3 cm³/mol. The molecule has 0 spiro atoms. The van der Waals surface area contributed by atoms with E-state index >= 15 is 0 Å². The van der Waals surface area contributed by atoms with Crippen LogP contribution in [0.1, 0.15) is 46.0 Å². The molecule has 1 heterocycles. The Morgan fingerprint density at radius 2 is 2.17 bits per heavy atom. The van der Waals surface area contributed by atoms with Crippen LogP contribution in [0.5, 0.6) is 0 Å². The lowest BCUT2D eigenvalue weighted by molar-refractivity contribution is -0.142. The van der Waals surface area contributed by atoms with E-state index in [-0.39, 0.29) is 11.9 Å². The molecule has 0 aliphatic carbocycles. The van der Waals surface area contributed by atoms with Gasteiger partial charge in [-0.15, -0.1) is 0 Å². The maximum Gasteiger partial charge on any atom is 0.326 e. The standard InChI is InChI=1S/C13H24N2O3/c1-3-5-10(13(17)18)15-12(16)11-8-9(4-2)6-7-14-11/h9-11,14H,3-8H2,1-2H3,(H,15,16)(H,17,18)/t9?,10-,11?/m0/s1. The maximum atomic E-state index is 12.0. The first-order chi connectivity index (χ1) is 8.58. The molecular formula is C13H24N2O3. The van der Waals surface area contributed by atoms with E-state index in [1.165, 1.54) is 0 Å². The van der Waals surface area contributed by atoms with Crippen molar-refractivity contribution in [3.63, 3.8) is 0 Å². The van der Waals surface area contributed by atoms with Crippen LogP contribution in [-0.2, 0) is 9.59 Å². The van der Waals surface area contributed by atoms with Crippen molar-refractivity contribution >= 4 is 11.9 Å². The monoisotopic (exact) mass is 256 g/mol. The molecule has 0 bridgehead atoms. The van der Waals surface area contributed by atoms with Crippen molar-refractivity contribution in [3.8, 4) is 0 Å². The molecule has 0 radical (unpaired) electrons. The van der Waals surface area contributed by atoms with Crippen LogP contribution in [0.2, 0.25) is 0 Å². The second-order valence-corrected chi connectivity index (χ2v) is 4.99. The van der Waals surface area contributed by atoms with Gasteiger partial charge in [-0.2, -0.15) is 0 Å². The third-order valence-electron chi connectivity index (χ3n) is 3.60. The fourth-order valence-electron chi connectivity index (χ4n) is 2.39. The van der Waals surface area contributed by atoms with Crippen LogP contribution in [-0.4, -0.2) is 35.6 Å². The molecule has 0 aromatic heterocycles. The Hall–Kier alpha value is -1.10. The minimum absolute atomic E-state index is 0.172. The van der Waals surface area contributed by atoms with Crippen molar-refractivity contribution in [2.45, 2.75) is 58.0 Å². The largest absolute Gasteiger partial charge is 0.480 e. The zero-order valence-corrected chi connectivity index (χ0v) is 11.2. The zero-order valence-electron chi connectivity index (χ0n) is 11.2. The fraction of sp³-hybridized carbons (Fsp3) is 0.846. The number of amides is 1. The topological polar surface area (TPSA) is 78.4 Å². The van der Waals surface area contributed by atoms with E-state index in [4.69, 9.17) is 5.11 Å². The highest BCUT2D eigenvalue weighted by molar-refractivity contribution is 5.87. The first-order valence-corrected chi connectivity index (χ1v) is 6.85. The lowest BCUT2D eigenvalue weighted by atomic mass is 9.90. The minimum atomic E-state index is -0.951. The smallest absolute Gasteiger partial charge is 0.326 e. The van der Waals surface area contributed by atoms with Gasteiger partial charge >= 0.3 is 5.97 Å². The highest BCUT2D eigenvalue weighted by Gasteiger charge is 2.28. The number of nitrogens with one attached hydrogen (secondary N) is 2. The number of carbonyl (C=O) groups excluding carboxylic acids is 1. The Balaban J connectivity index is 2.50. The molecule has 3 N–H and O–H groups in total. The Bertz CT molecular complexity index is 294. The molecule has 5 nitrogen and oxygen atoms in total. The van der Waals surface area contributed by atoms with Crippen LogP contribution in [0, 0.1) is 5.92 Å². The van der Waals surface area contributed by atoms with Crippen LogP contribution in [0.4, 0.5) is 0 Å². The molecule has 1 rings (SSSR count). The molecule has 0 aromatic rings. The molecule has 3 atom stereocenters. The summed E-state index contributed by atoms with van der Waals surface area (Å²) in [5.41, 5.74) is 0. The van der Waals surface area contributed by atoms with E-state index in [2.05, 4.69) is 17.6 Å². The third-order valence-corrected chi connectivity index (χ3v) is 3.60. The average molecular weight is 256 g/mol. The van der Waals surface area contributed by atoms with Crippen molar-refractivity contribution in [3.05, 3.63) is 0 Å². The quantitative estimate of drug-likeness (QED) is 0.666. The Morgan fingerprint density at radius 3 is 2.72 bits per heavy atom. The van der Waals surface area contributed by atoms with Gasteiger partial charge in [-0.25, -0.2) is 4.79 Å². The van der Waals surface area contributed by atoms with E-state index in [0.29, 0.717) is 12.3 Å². The summed E-state index contributed by atoms with van der Waals surface area (Å²) in [4.78, 5) is 23.0. The zero-order chi connectivity index (χ0) is 13.5. The van der Waals surface area contributed by atoms with Gasteiger partial charge in [-0.1, -0.05) is 26.7 Å². The maximum absolute atomic E-state index is 12.0. The van der Waals surface area contributed by atoms with Crippen LogP contribution < -0.4 is 10.6 Å². The summed E-state index contributed by atoms with van der Waals surface area (Å²) in [5, 5.41) is 14.8. The molecule has 1 amide bonds. The van der Waals surface area contributed by atoms with Gasteiger partial charge in [0.05, 0.1) is 6.04 Å². The Morgan fingerprint density at radius 1 is 1.44 bits per heavy atom. The lowest BCUT2D eigenvalue weighted by Crippen LogP contribution is -2.52. The Labute approximate surface area is 108 Å². The summed E-state index contributed by atoms with van der Waals surface area (Å²) in [7, 11) is 0. The molecule has 1 saturated heterocycles. The number of carboxylic acid groups (broad SMARTS) is 1. The van der Waals surface area contributed by atoms with Crippen molar-refractivity contribution < 1.29 is 14.7 Å². The van der Waals surface area contributed by atoms with Crippen molar-refractivity contribution in [1.82, 2.24) is 10.6 Å². The van der Waals surface area contributed by atoms with Gasteiger partial charge in [-0.05, 0) is 31.7 Å². The van der Waals surface area contributed by atoms with Gasteiger partial charge in [-0.3, -0.25) is 4.79 Å². The number of piperidine rings is 1. The second-order valence-electron chi connectivity index (χ2n) is 4.99. The van der Waals surface area contributed by atoms with Crippen LogP contribution >= 0.6 is 0 Å². The summed E-state index contributed by atoms with van der Waals surface area (Å²) < 4.78 is 0. The molecule has 1 fully saturated rings. The van der Waals surface area contributed by atoms with Gasteiger partial charge in [0.25, 0.3) is 0 Å². The molecular weight excluding hydrogens is 232 g/mol. The number of hydrogen-bond acceptors (Lipinski definition) is 3. The number of carboxylic acids is 1. The van der Waals surface area contributed by atoms with E-state index in [1.807, 2.05) is 6.92 Å². The molecule has 5 heteroatoms. The molecule has 0 aromatic carbocycles. The van der Waals surface area contributed by atoms with E-state index in [1.54, 1.807) is 0 Å². The van der Waals surface area contributed by atoms with Gasteiger partial charge in [0, 0.05) is 0 Å². The van der Waals surface area contributed by atoms with E-state index in [0.717, 1.165) is 32.2 Å². The SMILES string of the molecule is CCC[C@H](NC(=O)C1CC(CC)CCN1)C(=O)O. The van der Waals surface area contributed by atoms with Crippen molar-refractivity contribution in [2.24, 2.45) is 5.92 Å². The highest BCUT2D eigenvalue weighted by atomic mass is 16.4. The second kappa shape index (κ2) is 7.36. The molecule has 18 heavy (non-hydrogen) atoms. The normalized spacial score (nSPS) is 25.4. The first-order valence-electron chi connectivity index (χ1n) is 6.85. The van der Waals surface area contributed by atoms with E-state index < -0.39 is 12.0 Å². The molecule has 1 aliphatic rings. The average Bonchev–Trinajstić information content (AvgIpc) is 2.38. The van der Waals surface area contributed by atoms with Gasteiger partial charge in [0.1, 0.15) is 6.04 Å². The highest BCUT2D eigenvalue weighted by Crippen LogP contribution is 2.19. The molecule has 104 valence electrons. The van der Waals surface area contributed by atoms with Crippen molar-refractivity contribution in [2.75, 3.05) is 6.54 Å². The molecule has 1 aliphatic heterocycles. The van der Waals surface area contributed by atoms with Gasteiger partial charge in [0.2, 0.25) is 5.91 Å². The van der Waals surface area contributed by atoms with Crippen molar-refractivity contribution in [1.29, 1.82) is 0 Å². The summed E-state index contributed by atoms with van der Waals surface area (Å²) >= 11 is 0. The number of hydrogen-bond donors (Lipinski definition) is 3. The van der Waals surface area contributed by atoms with Crippen LogP contribution in [0.15, 0.2) is 0 Å². The fourth-order valence-corrected chi connectivity index (χ4v) is 2.39. The first kappa shape index (κ1) is 15.0. The molecule has 2 unspecified atom stereocenters. The summed E-state index contributed by atoms with van der Waals surface area (Å²) in [5.74, 6) is -0.557. The predicted octanol–water partition coefficient (Wildman–Crippen LogP) is 1.13. The van der Waals surface area contributed by atoms with Gasteiger partial charge < -0.3 is 15.7 Å². The van der Waals surface area contributed by atoms with E-state index in [9.17, 15) is 9.59 Å². The van der Waals surface area contributed by atoms with Crippen LogP contribution in [0.3, 0.4) is 0 Å². The number of carbonyl (C=O) groups is 2. The summed E-state index contributed by atoms with van der Waals surface area (Å²) in [6.07, 6.45) is 4.19. The molecule has 0 saturated carbocycles. The Kier molecular flexibility index (Phi) is 6.12. The lowest BCUT2D eigenvalue weighted by Gasteiger charge is -2.29. The summed E-state index contributed by atoms with van der Waals surface area (Å²) in [6, 6.07) is -0.992. The van der Waals surface area contributed by atoms with Gasteiger partial charge in [0.15, 0.2) is 0 Å². The number of rotatable bonds is 6.